The number of hydrogen-bond donors (Lipinski definition) is 1. The van der Waals surface area contributed by atoms with Gasteiger partial charge in [-0.1, -0.05) is 12.3 Å². The van der Waals surface area contributed by atoms with E-state index in [9.17, 15) is 0 Å². The number of aryl methyl sites for hydroxylation is 1. The fraction of sp³-hybridized carbons (Fsp3) is 0.444. The van der Waals surface area contributed by atoms with Crippen molar-refractivity contribution in [2.45, 2.75) is 27.3 Å². The average molecular weight is 162 g/mol. The Balaban J connectivity index is 3.24. The highest BCUT2D eigenvalue weighted by Crippen LogP contribution is 2.03. The molecular weight excluding hydrogens is 149 g/mol. The van der Waals surface area contributed by atoms with Crippen LogP contribution in [-0.2, 0) is 6.61 Å². The van der Waals surface area contributed by atoms with Gasteiger partial charge in [0.1, 0.15) is 7.28 Å². The summed E-state index contributed by atoms with van der Waals surface area (Å²) in [5.41, 5.74) is 4.20. The number of nitrogens with zero attached hydrogens (tertiary/aromatic N) is 1. The lowest BCUT2D eigenvalue weighted by molar-refractivity contribution is 0.276. The molecule has 0 saturated carbocycles. The molecule has 1 radical (unpaired) electrons. The van der Waals surface area contributed by atoms with Crippen LogP contribution >= 0.6 is 0 Å². The summed E-state index contributed by atoms with van der Waals surface area (Å²) in [5.74, 6) is 0. The van der Waals surface area contributed by atoms with Crippen molar-refractivity contribution in [3.8, 4) is 0 Å². The zero-order valence-corrected chi connectivity index (χ0v) is 7.76. The van der Waals surface area contributed by atoms with Crippen LogP contribution in [-0.4, -0.2) is 17.4 Å². The molecule has 1 rings (SSSR count). The molecule has 0 spiro atoms. The Morgan fingerprint density at radius 3 is 2.67 bits per heavy atom. The quantitative estimate of drug-likeness (QED) is 0.644. The molecular formula is C9H13BNO. The Bertz CT molecular complexity index is 286. The van der Waals surface area contributed by atoms with Crippen molar-refractivity contribution in [2.24, 2.45) is 0 Å². The molecule has 0 aliphatic carbocycles. The molecule has 0 aromatic carbocycles. The van der Waals surface area contributed by atoms with E-state index in [0.717, 1.165) is 16.8 Å². The molecule has 3 heteroatoms. The number of aliphatic hydroxyl groups is 1. The SMILES string of the molecule is C[B]c1c(C)cnc(CO)c1C. The van der Waals surface area contributed by atoms with Gasteiger partial charge in [-0.05, 0) is 25.0 Å². The predicted octanol–water partition coefficient (Wildman–Crippen LogP) is 0.568. The average Bonchev–Trinajstić information content (AvgIpc) is 2.06. The first-order valence-electron chi connectivity index (χ1n) is 4.06. The molecule has 1 heterocycles. The van der Waals surface area contributed by atoms with Crippen molar-refractivity contribution in [3.63, 3.8) is 0 Å². The molecule has 0 bridgehead atoms. The van der Waals surface area contributed by atoms with Crippen molar-refractivity contribution >= 4 is 12.7 Å². The lowest BCUT2D eigenvalue weighted by atomic mass is 9.69. The summed E-state index contributed by atoms with van der Waals surface area (Å²) in [5, 5.41) is 8.95. The summed E-state index contributed by atoms with van der Waals surface area (Å²) < 4.78 is 0. The Labute approximate surface area is 73.9 Å². The molecule has 1 aromatic heterocycles. The second-order valence-electron chi connectivity index (χ2n) is 2.87. The summed E-state index contributed by atoms with van der Waals surface area (Å²) in [6.07, 6.45) is 1.80. The summed E-state index contributed by atoms with van der Waals surface area (Å²) >= 11 is 0. The Morgan fingerprint density at radius 1 is 1.50 bits per heavy atom. The summed E-state index contributed by atoms with van der Waals surface area (Å²) in [6.45, 7) is 6.03. The smallest absolute Gasteiger partial charge is 0.149 e. The third-order valence-electron chi connectivity index (χ3n) is 2.11. The van der Waals surface area contributed by atoms with Gasteiger partial charge in [0, 0.05) is 6.20 Å². The highest BCUT2D eigenvalue weighted by molar-refractivity contribution is 6.53. The van der Waals surface area contributed by atoms with Gasteiger partial charge in [0.05, 0.1) is 12.3 Å². The number of rotatable bonds is 2. The van der Waals surface area contributed by atoms with Crippen LogP contribution in [0.5, 0.6) is 0 Å². The molecule has 0 saturated heterocycles. The van der Waals surface area contributed by atoms with Gasteiger partial charge >= 0.3 is 0 Å². The monoisotopic (exact) mass is 162 g/mol. The van der Waals surface area contributed by atoms with Gasteiger partial charge in [-0.15, -0.1) is 0 Å². The molecule has 1 aromatic rings. The Hall–Kier alpha value is -0.825. The van der Waals surface area contributed by atoms with Crippen LogP contribution in [0.4, 0.5) is 0 Å². The number of aliphatic hydroxyl groups excluding tert-OH is 1. The largest absolute Gasteiger partial charge is 0.390 e. The molecule has 0 atom stereocenters. The van der Waals surface area contributed by atoms with Gasteiger partial charge in [0.25, 0.3) is 0 Å². The Morgan fingerprint density at radius 2 is 2.17 bits per heavy atom. The molecule has 1 N–H and O–H groups in total. The maximum Gasteiger partial charge on any atom is 0.149 e. The van der Waals surface area contributed by atoms with E-state index in [-0.39, 0.29) is 6.61 Å². The minimum absolute atomic E-state index is 0.0208. The van der Waals surface area contributed by atoms with Crippen molar-refractivity contribution in [2.75, 3.05) is 0 Å². The molecule has 0 unspecified atom stereocenters. The number of aromatic nitrogens is 1. The summed E-state index contributed by atoms with van der Waals surface area (Å²) in [7, 11) is 2.05. The van der Waals surface area contributed by atoms with Crippen molar-refractivity contribution in [1.29, 1.82) is 0 Å². The number of hydrogen-bond acceptors (Lipinski definition) is 2. The third kappa shape index (κ3) is 1.51. The molecule has 0 aliphatic rings. The van der Waals surface area contributed by atoms with E-state index >= 15 is 0 Å². The van der Waals surface area contributed by atoms with Gasteiger partial charge in [-0.3, -0.25) is 4.98 Å². The zero-order valence-electron chi connectivity index (χ0n) is 7.76. The molecule has 0 aliphatic heterocycles. The van der Waals surface area contributed by atoms with Gasteiger partial charge in [-0.25, -0.2) is 0 Å². The molecule has 12 heavy (non-hydrogen) atoms. The van der Waals surface area contributed by atoms with Gasteiger partial charge < -0.3 is 5.11 Å². The summed E-state index contributed by atoms with van der Waals surface area (Å²) in [4.78, 5) is 4.13. The molecule has 63 valence electrons. The van der Waals surface area contributed by atoms with Gasteiger partial charge in [0.15, 0.2) is 0 Å². The van der Waals surface area contributed by atoms with Gasteiger partial charge in [0.2, 0.25) is 0 Å². The van der Waals surface area contributed by atoms with Crippen molar-refractivity contribution in [3.05, 3.63) is 23.0 Å². The van der Waals surface area contributed by atoms with Crippen molar-refractivity contribution in [1.82, 2.24) is 4.98 Å². The van der Waals surface area contributed by atoms with Crippen LogP contribution in [0.25, 0.3) is 0 Å². The topological polar surface area (TPSA) is 33.1 Å². The van der Waals surface area contributed by atoms with Crippen LogP contribution in [0.3, 0.4) is 0 Å². The van der Waals surface area contributed by atoms with E-state index in [2.05, 4.69) is 4.98 Å². The first kappa shape index (κ1) is 9.26. The second kappa shape index (κ2) is 3.72. The second-order valence-corrected chi connectivity index (χ2v) is 2.87. The molecule has 0 fully saturated rings. The van der Waals surface area contributed by atoms with Crippen LogP contribution < -0.4 is 5.46 Å². The standard InChI is InChI=1S/C9H13BNO/c1-6-4-11-8(5-12)7(2)9(6)10-3/h4,12H,5H2,1-3H3. The first-order valence-corrected chi connectivity index (χ1v) is 4.06. The molecule has 0 amide bonds. The van der Waals surface area contributed by atoms with E-state index < -0.39 is 0 Å². The maximum absolute atomic E-state index is 8.95. The van der Waals surface area contributed by atoms with E-state index in [1.807, 2.05) is 28.0 Å². The zero-order chi connectivity index (χ0) is 9.14. The van der Waals surface area contributed by atoms with E-state index in [0.29, 0.717) is 0 Å². The highest BCUT2D eigenvalue weighted by Gasteiger charge is 2.05. The highest BCUT2D eigenvalue weighted by atomic mass is 16.3. The van der Waals surface area contributed by atoms with E-state index in [1.165, 1.54) is 5.46 Å². The van der Waals surface area contributed by atoms with Crippen LogP contribution in [0.15, 0.2) is 6.20 Å². The van der Waals surface area contributed by atoms with Crippen LogP contribution in [0.1, 0.15) is 16.8 Å². The minimum Gasteiger partial charge on any atom is -0.390 e. The van der Waals surface area contributed by atoms with E-state index in [1.54, 1.807) is 6.20 Å². The predicted molar refractivity (Wildman–Crippen MR) is 50.9 cm³/mol. The fourth-order valence-electron chi connectivity index (χ4n) is 1.40. The fourth-order valence-corrected chi connectivity index (χ4v) is 1.40. The summed E-state index contributed by atoms with van der Waals surface area (Å²) in [6, 6.07) is 0. The van der Waals surface area contributed by atoms with Crippen molar-refractivity contribution < 1.29 is 5.11 Å². The van der Waals surface area contributed by atoms with E-state index in [4.69, 9.17) is 5.11 Å². The normalized spacial score (nSPS) is 10.0. The first-order chi connectivity index (χ1) is 5.70. The van der Waals surface area contributed by atoms with Gasteiger partial charge in [-0.2, -0.15) is 0 Å². The lowest BCUT2D eigenvalue weighted by Gasteiger charge is -2.09. The lowest BCUT2D eigenvalue weighted by Crippen LogP contribution is -2.21. The Kier molecular flexibility index (Phi) is 2.87. The minimum atomic E-state index is 0.0208. The third-order valence-corrected chi connectivity index (χ3v) is 2.11. The van der Waals surface area contributed by atoms with Crippen LogP contribution in [0, 0.1) is 13.8 Å². The molecule has 2 nitrogen and oxygen atoms in total. The number of pyridine rings is 1. The maximum atomic E-state index is 8.95. The van der Waals surface area contributed by atoms with Crippen LogP contribution in [0.2, 0.25) is 6.82 Å².